The van der Waals surface area contributed by atoms with Crippen molar-refractivity contribution in [2.24, 2.45) is 0 Å². The highest BCUT2D eigenvalue weighted by Gasteiger charge is 2.11. The summed E-state index contributed by atoms with van der Waals surface area (Å²) in [5, 5.41) is 7.51. The zero-order chi connectivity index (χ0) is 11.1. The first kappa shape index (κ1) is 12.1. The normalized spacial score (nSPS) is 13.0. The molecule has 5 nitrogen and oxygen atoms in total. The molecule has 0 bridgehead atoms. The van der Waals surface area contributed by atoms with Crippen LogP contribution >= 0.6 is 0 Å². The molecule has 0 aliphatic carbocycles. The number of nitrogens with zero attached hydrogens (tertiary/aromatic N) is 3. The summed E-state index contributed by atoms with van der Waals surface area (Å²) in [5.74, 6) is 1.01. The highest BCUT2D eigenvalue weighted by molar-refractivity contribution is 4.89. The molecule has 1 aromatic heterocycles. The Balaban J connectivity index is 2.56. The summed E-state index contributed by atoms with van der Waals surface area (Å²) >= 11 is 0. The van der Waals surface area contributed by atoms with Gasteiger partial charge >= 0.3 is 0 Å². The van der Waals surface area contributed by atoms with Crippen molar-refractivity contribution in [2.75, 3.05) is 20.3 Å². The van der Waals surface area contributed by atoms with Gasteiger partial charge in [0.05, 0.1) is 6.61 Å². The Bertz CT molecular complexity index is 268. The molecule has 0 aliphatic rings. The van der Waals surface area contributed by atoms with Crippen LogP contribution < -0.4 is 5.32 Å². The lowest BCUT2D eigenvalue weighted by atomic mass is 10.2. The molecule has 1 atom stereocenters. The lowest BCUT2D eigenvalue weighted by Crippen LogP contribution is -2.35. The van der Waals surface area contributed by atoms with E-state index in [4.69, 9.17) is 4.74 Å². The maximum Gasteiger partial charge on any atom is 0.138 e. The maximum absolute atomic E-state index is 5.16. The minimum absolute atomic E-state index is 0.314. The van der Waals surface area contributed by atoms with Crippen LogP contribution in [0, 0.1) is 0 Å². The zero-order valence-corrected chi connectivity index (χ0v) is 9.73. The third kappa shape index (κ3) is 3.60. The second-order valence-electron chi connectivity index (χ2n) is 3.41. The van der Waals surface area contributed by atoms with Gasteiger partial charge in [-0.1, -0.05) is 6.92 Å². The van der Waals surface area contributed by atoms with E-state index in [1.54, 1.807) is 13.4 Å². The minimum Gasteiger partial charge on any atom is -0.383 e. The van der Waals surface area contributed by atoms with Crippen molar-refractivity contribution in [3.63, 3.8) is 0 Å². The predicted octanol–water partition coefficient (Wildman–Crippen LogP) is 0.465. The second kappa shape index (κ2) is 6.53. The summed E-state index contributed by atoms with van der Waals surface area (Å²) in [6.45, 7) is 6.66. The average molecular weight is 212 g/mol. The number of nitrogens with one attached hydrogen (secondary N) is 1. The fourth-order valence-corrected chi connectivity index (χ4v) is 1.61. The molecule has 0 radical (unpaired) electrons. The standard InChI is InChI=1S/C10H20N4O/c1-4-11-9(7-15-3)6-10-12-8-13-14(10)5-2/h8-9,11H,4-7H2,1-3H3. The maximum atomic E-state index is 5.16. The Morgan fingerprint density at radius 2 is 2.33 bits per heavy atom. The number of aryl methyl sites for hydroxylation is 1. The van der Waals surface area contributed by atoms with Crippen LogP contribution in [0.3, 0.4) is 0 Å². The van der Waals surface area contributed by atoms with E-state index >= 15 is 0 Å². The van der Waals surface area contributed by atoms with Crippen LogP contribution in [0.1, 0.15) is 19.7 Å². The number of ether oxygens (including phenoxy) is 1. The molecule has 1 rings (SSSR count). The summed E-state index contributed by atoms with van der Waals surface area (Å²) in [6.07, 6.45) is 2.46. The van der Waals surface area contributed by atoms with Crippen LogP contribution in [0.5, 0.6) is 0 Å². The summed E-state index contributed by atoms with van der Waals surface area (Å²) in [4.78, 5) is 4.25. The molecular weight excluding hydrogens is 192 g/mol. The number of hydrogen-bond donors (Lipinski definition) is 1. The minimum atomic E-state index is 0.314. The molecule has 0 aliphatic heterocycles. The molecule has 86 valence electrons. The SMILES string of the molecule is CCNC(COC)Cc1ncnn1CC. The van der Waals surface area contributed by atoms with E-state index < -0.39 is 0 Å². The highest BCUT2D eigenvalue weighted by atomic mass is 16.5. The van der Waals surface area contributed by atoms with E-state index in [1.165, 1.54) is 0 Å². The van der Waals surface area contributed by atoms with Crippen molar-refractivity contribution in [1.29, 1.82) is 0 Å². The van der Waals surface area contributed by atoms with Crippen LogP contribution in [-0.4, -0.2) is 41.1 Å². The van der Waals surface area contributed by atoms with Gasteiger partial charge in [-0.25, -0.2) is 4.98 Å². The van der Waals surface area contributed by atoms with Gasteiger partial charge < -0.3 is 10.1 Å². The van der Waals surface area contributed by atoms with E-state index in [0.717, 1.165) is 25.3 Å². The van der Waals surface area contributed by atoms with E-state index in [1.807, 2.05) is 4.68 Å². The van der Waals surface area contributed by atoms with E-state index in [-0.39, 0.29) is 0 Å². The van der Waals surface area contributed by atoms with Crippen molar-refractivity contribution >= 4 is 0 Å². The Morgan fingerprint density at radius 3 is 2.93 bits per heavy atom. The molecule has 5 heteroatoms. The third-order valence-corrected chi connectivity index (χ3v) is 2.28. The number of aromatic nitrogens is 3. The van der Waals surface area contributed by atoms with Gasteiger partial charge in [-0.15, -0.1) is 0 Å². The van der Waals surface area contributed by atoms with E-state index in [2.05, 4.69) is 29.2 Å². The smallest absolute Gasteiger partial charge is 0.138 e. The van der Waals surface area contributed by atoms with Gasteiger partial charge in [0.25, 0.3) is 0 Å². The van der Waals surface area contributed by atoms with Gasteiger partial charge in [0, 0.05) is 26.1 Å². The van der Waals surface area contributed by atoms with Crippen molar-refractivity contribution in [3.8, 4) is 0 Å². The predicted molar refractivity (Wildman–Crippen MR) is 58.7 cm³/mol. The van der Waals surface area contributed by atoms with Crippen molar-refractivity contribution in [3.05, 3.63) is 12.2 Å². The fraction of sp³-hybridized carbons (Fsp3) is 0.800. The quantitative estimate of drug-likeness (QED) is 0.713. The van der Waals surface area contributed by atoms with Gasteiger partial charge in [0.2, 0.25) is 0 Å². The molecule has 0 amide bonds. The number of rotatable bonds is 7. The summed E-state index contributed by atoms with van der Waals surface area (Å²) in [5.41, 5.74) is 0. The van der Waals surface area contributed by atoms with Crippen molar-refractivity contribution in [2.45, 2.75) is 32.9 Å². The first-order valence-corrected chi connectivity index (χ1v) is 5.40. The molecule has 1 aromatic rings. The van der Waals surface area contributed by atoms with Gasteiger partial charge in [0.1, 0.15) is 12.2 Å². The molecule has 1 unspecified atom stereocenters. The molecule has 1 heterocycles. The van der Waals surface area contributed by atoms with Crippen LogP contribution in [0.2, 0.25) is 0 Å². The molecule has 0 fully saturated rings. The topological polar surface area (TPSA) is 52.0 Å². The van der Waals surface area contributed by atoms with Crippen molar-refractivity contribution < 1.29 is 4.74 Å². The lowest BCUT2D eigenvalue weighted by molar-refractivity contribution is 0.165. The monoisotopic (exact) mass is 212 g/mol. The zero-order valence-electron chi connectivity index (χ0n) is 9.73. The first-order valence-electron chi connectivity index (χ1n) is 5.40. The molecule has 0 saturated heterocycles. The van der Waals surface area contributed by atoms with Crippen molar-refractivity contribution in [1.82, 2.24) is 20.1 Å². The van der Waals surface area contributed by atoms with Gasteiger partial charge in [-0.2, -0.15) is 5.10 Å². The first-order chi connectivity index (χ1) is 7.31. The van der Waals surface area contributed by atoms with Gasteiger partial charge in [-0.3, -0.25) is 4.68 Å². The van der Waals surface area contributed by atoms with Gasteiger partial charge in [-0.05, 0) is 13.5 Å². The lowest BCUT2D eigenvalue weighted by Gasteiger charge is -2.16. The van der Waals surface area contributed by atoms with Crippen LogP contribution in [0.4, 0.5) is 0 Å². The molecule has 0 aromatic carbocycles. The average Bonchev–Trinajstić information content (AvgIpc) is 2.66. The van der Waals surface area contributed by atoms with Crippen LogP contribution in [0.25, 0.3) is 0 Å². The highest BCUT2D eigenvalue weighted by Crippen LogP contribution is 2.00. The summed E-state index contributed by atoms with van der Waals surface area (Å²) in [7, 11) is 1.72. The largest absolute Gasteiger partial charge is 0.383 e. The Morgan fingerprint density at radius 1 is 1.53 bits per heavy atom. The number of likely N-dealkylation sites (N-methyl/N-ethyl adjacent to an activating group) is 1. The Labute approximate surface area is 90.8 Å². The molecule has 15 heavy (non-hydrogen) atoms. The third-order valence-electron chi connectivity index (χ3n) is 2.28. The summed E-state index contributed by atoms with van der Waals surface area (Å²) in [6, 6.07) is 0.314. The second-order valence-corrected chi connectivity index (χ2v) is 3.41. The number of methoxy groups -OCH3 is 1. The van der Waals surface area contributed by atoms with Crippen LogP contribution in [-0.2, 0) is 17.7 Å². The molecule has 1 N–H and O–H groups in total. The van der Waals surface area contributed by atoms with Gasteiger partial charge in [0.15, 0.2) is 0 Å². The molecule has 0 saturated carbocycles. The fourth-order valence-electron chi connectivity index (χ4n) is 1.61. The number of hydrogen-bond acceptors (Lipinski definition) is 4. The summed E-state index contributed by atoms with van der Waals surface area (Å²) < 4.78 is 7.08. The Kier molecular flexibility index (Phi) is 5.28. The molecule has 0 spiro atoms. The van der Waals surface area contributed by atoms with E-state index in [0.29, 0.717) is 12.6 Å². The van der Waals surface area contributed by atoms with E-state index in [9.17, 15) is 0 Å². The molecular formula is C10H20N4O. The Hall–Kier alpha value is -0.940. The van der Waals surface area contributed by atoms with Crippen LogP contribution in [0.15, 0.2) is 6.33 Å².